The monoisotopic (exact) mass is 414 g/mol. The minimum atomic E-state index is -0.0101. The normalized spacial score (nSPS) is 11.1. The summed E-state index contributed by atoms with van der Waals surface area (Å²) >= 11 is 0. The fourth-order valence-corrected chi connectivity index (χ4v) is 3.31. The van der Waals surface area contributed by atoms with Gasteiger partial charge in [-0.05, 0) is 34.4 Å². The third-order valence-corrected chi connectivity index (χ3v) is 5.13. The van der Waals surface area contributed by atoms with Gasteiger partial charge in [0.2, 0.25) is 0 Å². The number of carbonyl (C=O) groups is 2. The van der Waals surface area contributed by atoms with Crippen molar-refractivity contribution in [2.75, 3.05) is 0 Å². The third-order valence-electron chi connectivity index (χ3n) is 5.13. The number of carbonyl (C=O) groups excluding carboxylic acids is 2. The number of hydrogen-bond acceptors (Lipinski definition) is 2. The SMILES string of the molecule is O=C(C=Cc1ccc(-c2ccc(C=CC(=O)c3ccccc3)cc2)cc1)c1ccccc1. The third kappa shape index (κ3) is 5.44. The van der Waals surface area contributed by atoms with E-state index in [4.69, 9.17) is 0 Å². The number of rotatable bonds is 7. The van der Waals surface area contributed by atoms with Crippen LogP contribution in [-0.4, -0.2) is 11.6 Å². The number of benzene rings is 4. The fourth-order valence-electron chi connectivity index (χ4n) is 3.31. The van der Waals surface area contributed by atoms with Crippen LogP contribution in [0.1, 0.15) is 31.8 Å². The molecule has 0 aliphatic carbocycles. The number of allylic oxidation sites excluding steroid dienone is 2. The molecule has 154 valence electrons. The summed E-state index contributed by atoms with van der Waals surface area (Å²) in [6, 6.07) is 34.6. The van der Waals surface area contributed by atoms with E-state index in [2.05, 4.69) is 0 Å². The maximum absolute atomic E-state index is 12.2. The van der Waals surface area contributed by atoms with Gasteiger partial charge in [0.05, 0.1) is 0 Å². The van der Waals surface area contributed by atoms with Gasteiger partial charge in [0, 0.05) is 11.1 Å². The maximum Gasteiger partial charge on any atom is 0.185 e. The van der Waals surface area contributed by atoms with E-state index in [0.29, 0.717) is 11.1 Å². The molecule has 4 aromatic carbocycles. The van der Waals surface area contributed by atoms with E-state index in [1.165, 1.54) is 0 Å². The Bertz CT molecular complexity index is 1150. The quantitative estimate of drug-likeness (QED) is 0.238. The first-order chi connectivity index (χ1) is 15.7. The zero-order chi connectivity index (χ0) is 22.2. The van der Waals surface area contributed by atoms with E-state index in [9.17, 15) is 9.59 Å². The Balaban J connectivity index is 1.40. The Hall–Kier alpha value is -4.30. The van der Waals surface area contributed by atoms with Crippen molar-refractivity contribution >= 4 is 23.7 Å². The molecule has 0 fully saturated rings. The van der Waals surface area contributed by atoms with Crippen LogP contribution < -0.4 is 0 Å². The van der Waals surface area contributed by atoms with Crippen LogP contribution in [0, 0.1) is 0 Å². The molecule has 4 rings (SSSR count). The van der Waals surface area contributed by atoms with E-state index in [1.54, 1.807) is 12.2 Å². The fraction of sp³-hybridized carbons (Fsp3) is 0. The zero-order valence-corrected chi connectivity index (χ0v) is 17.5. The predicted octanol–water partition coefficient (Wildman–Crippen LogP) is 7.15. The van der Waals surface area contributed by atoms with Crippen LogP contribution in [0.4, 0.5) is 0 Å². The van der Waals surface area contributed by atoms with Crippen molar-refractivity contribution in [1.29, 1.82) is 0 Å². The first-order valence-corrected chi connectivity index (χ1v) is 10.4. The Morgan fingerprint density at radius 2 is 0.781 bits per heavy atom. The molecule has 0 radical (unpaired) electrons. The van der Waals surface area contributed by atoms with Gasteiger partial charge in [0.1, 0.15) is 0 Å². The molecule has 0 unspecified atom stereocenters. The second-order valence-corrected chi connectivity index (χ2v) is 7.37. The number of hydrogen-bond donors (Lipinski definition) is 0. The summed E-state index contributed by atoms with van der Waals surface area (Å²) in [5, 5.41) is 0. The molecule has 0 heterocycles. The molecule has 0 aromatic heterocycles. The standard InChI is InChI=1S/C30H22O2/c31-29(27-7-3-1-4-8-27)21-15-23-11-17-25(18-12-23)26-19-13-24(14-20-26)16-22-30(32)28-9-5-2-6-10-28/h1-22H. The Morgan fingerprint density at radius 3 is 1.12 bits per heavy atom. The molecule has 0 atom stereocenters. The highest BCUT2D eigenvalue weighted by molar-refractivity contribution is 6.07. The molecule has 0 amide bonds. The van der Waals surface area contributed by atoms with E-state index < -0.39 is 0 Å². The number of ketones is 2. The molecule has 0 N–H and O–H groups in total. The average Bonchev–Trinajstić information content (AvgIpc) is 2.87. The Kier molecular flexibility index (Phi) is 6.64. The maximum atomic E-state index is 12.2. The first kappa shape index (κ1) is 21.0. The summed E-state index contributed by atoms with van der Waals surface area (Å²) in [7, 11) is 0. The van der Waals surface area contributed by atoms with Crippen molar-refractivity contribution in [1.82, 2.24) is 0 Å². The lowest BCUT2D eigenvalue weighted by molar-refractivity contribution is 0.103. The molecular formula is C30H22O2. The van der Waals surface area contributed by atoms with Crippen molar-refractivity contribution < 1.29 is 9.59 Å². The van der Waals surface area contributed by atoms with Crippen molar-refractivity contribution in [2.24, 2.45) is 0 Å². The second kappa shape index (κ2) is 10.1. The lowest BCUT2D eigenvalue weighted by Gasteiger charge is -2.03. The van der Waals surface area contributed by atoms with Crippen LogP contribution in [0.2, 0.25) is 0 Å². The van der Waals surface area contributed by atoms with Crippen LogP contribution >= 0.6 is 0 Å². The molecule has 2 nitrogen and oxygen atoms in total. The van der Waals surface area contributed by atoms with E-state index in [0.717, 1.165) is 22.3 Å². The van der Waals surface area contributed by atoms with Gasteiger partial charge in [-0.3, -0.25) is 9.59 Å². The Labute approximate surface area is 188 Å². The van der Waals surface area contributed by atoms with E-state index in [-0.39, 0.29) is 11.6 Å². The van der Waals surface area contributed by atoms with Crippen LogP contribution in [0.25, 0.3) is 23.3 Å². The van der Waals surface area contributed by atoms with Crippen LogP contribution in [0.5, 0.6) is 0 Å². The van der Waals surface area contributed by atoms with Crippen LogP contribution in [-0.2, 0) is 0 Å². The molecule has 0 aliphatic rings. The average molecular weight is 415 g/mol. The summed E-state index contributed by atoms with van der Waals surface area (Å²) in [4.78, 5) is 24.4. The van der Waals surface area contributed by atoms with Gasteiger partial charge in [0.15, 0.2) is 11.6 Å². The summed E-state index contributed by atoms with van der Waals surface area (Å²) < 4.78 is 0. The van der Waals surface area contributed by atoms with Crippen molar-refractivity contribution in [3.05, 3.63) is 144 Å². The highest BCUT2D eigenvalue weighted by Gasteiger charge is 2.02. The van der Waals surface area contributed by atoms with E-state index >= 15 is 0 Å². The Morgan fingerprint density at radius 1 is 0.438 bits per heavy atom. The lowest BCUT2D eigenvalue weighted by Crippen LogP contribution is -1.92. The molecular weight excluding hydrogens is 392 g/mol. The topological polar surface area (TPSA) is 34.1 Å². The molecule has 0 aliphatic heterocycles. The van der Waals surface area contributed by atoms with Gasteiger partial charge in [0.25, 0.3) is 0 Å². The summed E-state index contributed by atoms with van der Waals surface area (Å²) in [6.45, 7) is 0. The summed E-state index contributed by atoms with van der Waals surface area (Å²) in [6.07, 6.45) is 6.86. The minimum Gasteiger partial charge on any atom is -0.289 e. The largest absolute Gasteiger partial charge is 0.289 e. The predicted molar refractivity (Wildman–Crippen MR) is 131 cm³/mol. The van der Waals surface area contributed by atoms with Gasteiger partial charge in [-0.25, -0.2) is 0 Å². The molecule has 0 bridgehead atoms. The molecule has 0 saturated heterocycles. The second-order valence-electron chi connectivity index (χ2n) is 7.37. The van der Waals surface area contributed by atoms with Crippen molar-refractivity contribution in [2.45, 2.75) is 0 Å². The highest BCUT2D eigenvalue weighted by atomic mass is 16.1. The summed E-state index contributed by atoms with van der Waals surface area (Å²) in [5.74, 6) is -0.0202. The van der Waals surface area contributed by atoms with E-state index in [1.807, 2.05) is 121 Å². The van der Waals surface area contributed by atoms with Gasteiger partial charge < -0.3 is 0 Å². The first-order valence-electron chi connectivity index (χ1n) is 10.4. The molecule has 2 heteroatoms. The smallest absolute Gasteiger partial charge is 0.185 e. The van der Waals surface area contributed by atoms with Gasteiger partial charge in [-0.15, -0.1) is 0 Å². The van der Waals surface area contributed by atoms with Crippen LogP contribution in [0.15, 0.2) is 121 Å². The molecule has 0 saturated carbocycles. The van der Waals surface area contributed by atoms with Crippen LogP contribution in [0.3, 0.4) is 0 Å². The van der Waals surface area contributed by atoms with Gasteiger partial charge in [-0.2, -0.15) is 0 Å². The van der Waals surface area contributed by atoms with Crippen molar-refractivity contribution in [3.63, 3.8) is 0 Å². The van der Waals surface area contributed by atoms with Crippen molar-refractivity contribution in [3.8, 4) is 11.1 Å². The highest BCUT2D eigenvalue weighted by Crippen LogP contribution is 2.21. The molecule has 0 spiro atoms. The molecule has 4 aromatic rings. The lowest BCUT2D eigenvalue weighted by atomic mass is 10.0. The van der Waals surface area contributed by atoms with Gasteiger partial charge in [-0.1, -0.05) is 121 Å². The molecule has 32 heavy (non-hydrogen) atoms. The van der Waals surface area contributed by atoms with Gasteiger partial charge >= 0.3 is 0 Å². The summed E-state index contributed by atoms with van der Waals surface area (Å²) in [5.41, 5.74) is 5.48. The zero-order valence-electron chi connectivity index (χ0n) is 17.5. The minimum absolute atomic E-state index is 0.0101.